The van der Waals surface area contributed by atoms with Crippen LogP contribution in [0.3, 0.4) is 0 Å². The standard InChI is InChI=1S/C11H10F3N3OS/c1-19-11(16-6-15)17-8-4-7(12)2-3-9(8)18-5-10(13)14/h2-4,10H,5H2,1H3,(H,16,17). The maximum atomic E-state index is 13.1. The van der Waals surface area contributed by atoms with E-state index in [1.807, 2.05) is 0 Å². The van der Waals surface area contributed by atoms with E-state index in [1.54, 1.807) is 12.4 Å². The zero-order chi connectivity index (χ0) is 14.3. The molecule has 0 heterocycles. The van der Waals surface area contributed by atoms with Gasteiger partial charge in [-0.05, 0) is 18.4 Å². The fourth-order valence-corrected chi connectivity index (χ4v) is 1.47. The highest BCUT2D eigenvalue weighted by Crippen LogP contribution is 2.29. The van der Waals surface area contributed by atoms with E-state index in [0.717, 1.165) is 23.9 Å². The van der Waals surface area contributed by atoms with Gasteiger partial charge in [-0.3, -0.25) is 5.32 Å². The van der Waals surface area contributed by atoms with Gasteiger partial charge in [0.15, 0.2) is 11.4 Å². The third-order valence-corrected chi connectivity index (χ3v) is 2.44. The molecule has 1 aromatic carbocycles. The Kier molecular flexibility index (Phi) is 6.02. The molecule has 0 aromatic heterocycles. The fourth-order valence-electron chi connectivity index (χ4n) is 1.13. The number of nitriles is 1. The minimum atomic E-state index is -2.64. The number of aliphatic imine (C=N–C) groups is 1. The first-order valence-electron chi connectivity index (χ1n) is 5.05. The van der Waals surface area contributed by atoms with Gasteiger partial charge < -0.3 is 4.74 Å². The Morgan fingerprint density at radius 2 is 2.32 bits per heavy atom. The summed E-state index contributed by atoms with van der Waals surface area (Å²) in [5.41, 5.74) is 0.0350. The molecule has 0 unspecified atom stereocenters. The monoisotopic (exact) mass is 289 g/mol. The summed E-state index contributed by atoms with van der Waals surface area (Å²) in [5.74, 6) is -0.562. The summed E-state index contributed by atoms with van der Waals surface area (Å²) in [4.78, 5) is 3.94. The smallest absolute Gasteiger partial charge is 0.272 e. The lowest BCUT2D eigenvalue weighted by Gasteiger charge is -2.09. The van der Waals surface area contributed by atoms with E-state index in [0.29, 0.717) is 0 Å². The molecule has 0 spiro atoms. The van der Waals surface area contributed by atoms with Gasteiger partial charge in [0.1, 0.15) is 23.9 Å². The van der Waals surface area contributed by atoms with Crippen LogP contribution in [0.5, 0.6) is 5.75 Å². The molecule has 0 bridgehead atoms. The average Bonchev–Trinajstić information content (AvgIpc) is 2.37. The third kappa shape index (κ3) is 5.09. The highest BCUT2D eigenvalue weighted by molar-refractivity contribution is 8.13. The Morgan fingerprint density at radius 3 is 2.89 bits per heavy atom. The highest BCUT2D eigenvalue weighted by atomic mass is 32.2. The lowest BCUT2D eigenvalue weighted by Crippen LogP contribution is -2.13. The molecule has 0 amide bonds. The fraction of sp³-hybridized carbons (Fsp3) is 0.273. The highest BCUT2D eigenvalue weighted by Gasteiger charge is 2.09. The van der Waals surface area contributed by atoms with E-state index in [4.69, 9.17) is 10.00 Å². The molecular formula is C11H10F3N3OS. The Morgan fingerprint density at radius 1 is 1.58 bits per heavy atom. The number of rotatable bonds is 4. The molecular weight excluding hydrogens is 279 g/mol. The quantitative estimate of drug-likeness (QED) is 0.401. The van der Waals surface area contributed by atoms with Crippen molar-refractivity contribution in [2.45, 2.75) is 6.43 Å². The van der Waals surface area contributed by atoms with Gasteiger partial charge in [0.2, 0.25) is 0 Å². The van der Waals surface area contributed by atoms with Gasteiger partial charge >= 0.3 is 0 Å². The van der Waals surface area contributed by atoms with Gasteiger partial charge in [-0.15, -0.1) is 0 Å². The van der Waals surface area contributed by atoms with E-state index in [1.165, 1.54) is 6.07 Å². The van der Waals surface area contributed by atoms with Crippen molar-refractivity contribution >= 4 is 22.6 Å². The van der Waals surface area contributed by atoms with Crippen molar-refractivity contribution in [1.82, 2.24) is 5.32 Å². The van der Waals surface area contributed by atoms with Crippen molar-refractivity contribution in [3.63, 3.8) is 0 Å². The van der Waals surface area contributed by atoms with Crippen LogP contribution in [0.1, 0.15) is 0 Å². The average molecular weight is 289 g/mol. The number of hydrogen-bond donors (Lipinski definition) is 1. The first kappa shape index (κ1) is 15.2. The number of nitrogens with one attached hydrogen (secondary N) is 1. The van der Waals surface area contributed by atoms with Crippen LogP contribution < -0.4 is 10.1 Å². The second-order valence-corrected chi connectivity index (χ2v) is 3.97. The SMILES string of the molecule is CSC(=Nc1cc(F)ccc1OCC(F)F)NC#N. The van der Waals surface area contributed by atoms with E-state index in [2.05, 4.69) is 10.3 Å². The zero-order valence-electron chi connectivity index (χ0n) is 9.86. The number of halogens is 3. The van der Waals surface area contributed by atoms with E-state index >= 15 is 0 Å². The Bertz CT molecular complexity index is 502. The molecule has 19 heavy (non-hydrogen) atoms. The second kappa shape index (κ2) is 7.53. The summed E-state index contributed by atoms with van der Waals surface area (Å²) in [6, 6.07) is 3.33. The van der Waals surface area contributed by atoms with Crippen LogP contribution in [0.15, 0.2) is 23.2 Å². The maximum Gasteiger partial charge on any atom is 0.272 e. The lowest BCUT2D eigenvalue weighted by molar-refractivity contribution is 0.0822. The molecule has 4 nitrogen and oxygen atoms in total. The van der Waals surface area contributed by atoms with E-state index < -0.39 is 18.8 Å². The molecule has 0 atom stereocenters. The maximum absolute atomic E-state index is 13.1. The molecule has 1 aromatic rings. The van der Waals surface area contributed by atoms with Crippen LogP contribution in [-0.4, -0.2) is 24.5 Å². The first-order chi connectivity index (χ1) is 9.06. The van der Waals surface area contributed by atoms with Crippen molar-refractivity contribution in [2.24, 2.45) is 4.99 Å². The number of ether oxygens (including phenoxy) is 1. The van der Waals surface area contributed by atoms with Gasteiger partial charge in [0.25, 0.3) is 6.43 Å². The summed E-state index contributed by atoms with van der Waals surface area (Å²) < 4.78 is 42.1. The van der Waals surface area contributed by atoms with Gasteiger partial charge in [0, 0.05) is 6.07 Å². The van der Waals surface area contributed by atoms with Crippen LogP contribution in [0.25, 0.3) is 0 Å². The number of benzene rings is 1. The minimum Gasteiger partial charge on any atom is -0.485 e. The first-order valence-corrected chi connectivity index (χ1v) is 6.27. The van der Waals surface area contributed by atoms with Crippen molar-refractivity contribution < 1.29 is 17.9 Å². The van der Waals surface area contributed by atoms with Crippen molar-refractivity contribution in [3.05, 3.63) is 24.0 Å². The van der Waals surface area contributed by atoms with Gasteiger partial charge in [0.05, 0.1) is 0 Å². The van der Waals surface area contributed by atoms with E-state index in [9.17, 15) is 13.2 Å². The number of alkyl halides is 2. The molecule has 0 saturated heterocycles. The van der Waals surface area contributed by atoms with Crippen LogP contribution in [0, 0.1) is 17.3 Å². The Labute approximate surface area is 112 Å². The van der Waals surface area contributed by atoms with E-state index in [-0.39, 0.29) is 16.6 Å². The Balaban J connectivity index is 3.03. The molecule has 0 aliphatic carbocycles. The summed E-state index contributed by atoms with van der Waals surface area (Å²) >= 11 is 1.12. The molecule has 0 aliphatic rings. The summed E-state index contributed by atoms with van der Waals surface area (Å²) in [5, 5.41) is 11.0. The van der Waals surface area contributed by atoms with Crippen LogP contribution >= 0.6 is 11.8 Å². The Hall–Kier alpha value is -1.88. The van der Waals surface area contributed by atoms with Gasteiger partial charge in [-0.2, -0.15) is 5.26 Å². The molecule has 1 N–H and O–H groups in total. The molecule has 8 heteroatoms. The number of hydrogen-bond acceptors (Lipinski definition) is 4. The minimum absolute atomic E-state index is 0.0213. The number of amidine groups is 1. The topological polar surface area (TPSA) is 57.4 Å². The lowest BCUT2D eigenvalue weighted by atomic mass is 10.3. The van der Waals surface area contributed by atoms with Gasteiger partial charge in [-0.25, -0.2) is 18.2 Å². The van der Waals surface area contributed by atoms with Gasteiger partial charge in [-0.1, -0.05) is 11.8 Å². The molecule has 0 saturated carbocycles. The summed E-state index contributed by atoms with van der Waals surface area (Å²) in [6.45, 7) is -0.811. The second-order valence-electron chi connectivity index (χ2n) is 3.17. The van der Waals surface area contributed by atoms with Crippen molar-refractivity contribution in [2.75, 3.05) is 12.9 Å². The molecule has 0 fully saturated rings. The normalized spacial score (nSPS) is 11.3. The summed E-state index contributed by atoms with van der Waals surface area (Å²) in [6.07, 6.45) is 0.682. The van der Waals surface area contributed by atoms with Crippen molar-refractivity contribution in [3.8, 4) is 11.9 Å². The molecule has 0 radical (unpaired) electrons. The van der Waals surface area contributed by atoms with Crippen molar-refractivity contribution in [1.29, 1.82) is 5.26 Å². The molecule has 0 aliphatic heterocycles. The number of thioether (sulfide) groups is 1. The third-order valence-electron chi connectivity index (χ3n) is 1.86. The molecule has 1 rings (SSSR count). The predicted octanol–water partition coefficient (Wildman–Crippen LogP) is 2.89. The summed E-state index contributed by atoms with van der Waals surface area (Å²) in [7, 11) is 0. The zero-order valence-corrected chi connectivity index (χ0v) is 10.7. The van der Waals surface area contributed by atoms with Crippen LogP contribution in [-0.2, 0) is 0 Å². The molecule has 102 valence electrons. The number of nitrogens with zero attached hydrogens (tertiary/aromatic N) is 2. The largest absolute Gasteiger partial charge is 0.485 e. The van der Waals surface area contributed by atoms with Crippen LogP contribution in [0.4, 0.5) is 18.9 Å². The van der Waals surface area contributed by atoms with Crippen LogP contribution in [0.2, 0.25) is 0 Å². The predicted molar refractivity (Wildman–Crippen MR) is 67.3 cm³/mol.